The predicted octanol–water partition coefficient (Wildman–Crippen LogP) is 3.90. The SMILES string of the molecule is CC(C)(C)N(C(=O)O)c1c(F)ccc(Cl)c1F. The Labute approximate surface area is 103 Å². The summed E-state index contributed by atoms with van der Waals surface area (Å²) in [4.78, 5) is 11.7. The highest BCUT2D eigenvalue weighted by atomic mass is 35.5. The number of hydrogen-bond acceptors (Lipinski definition) is 1. The molecule has 1 amide bonds. The highest BCUT2D eigenvalue weighted by molar-refractivity contribution is 6.31. The zero-order valence-corrected chi connectivity index (χ0v) is 10.3. The molecule has 0 saturated heterocycles. The van der Waals surface area contributed by atoms with E-state index in [9.17, 15) is 13.6 Å². The molecule has 0 aliphatic rings. The van der Waals surface area contributed by atoms with Crippen LogP contribution in [0.2, 0.25) is 5.02 Å². The van der Waals surface area contributed by atoms with Gasteiger partial charge < -0.3 is 5.11 Å². The molecule has 94 valence electrons. The van der Waals surface area contributed by atoms with E-state index in [1.54, 1.807) is 0 Å². The lowest BCUT2D eigenvalue weighted by Gasteiger charge is -2.33. The van der Waals surface area contributed by atoms with E-state index in [1.807, 2.05) is 0 Å². The van der Waals surface area contributed by atoms with Gasteiger partial charge in [0.15, 0.2) is 5.82 Å². The van der Waals surface area contributed by atoms with Crippen LogP contribution in [0.5, 0.6) is 0 Å². The van der Waals surface area contributed by atoms with Gasteiger partial charge in [-0.15, -0.1) is 0 Å². The minimum atomic E-state index is -1.45. The molecule has 0 atom stereocenters. The smallest absolute Gasteiger partial charge is 0.412 e. The molecule has 1 aromatic carbocycles. The molecule has 0 bridgehead atoms. The summed E-state index contributed by atoms with van der Waals surface area (Å²) < 4.78 is 27.3. The second-order valence-electron chi connectivity index (χ2n) is 4.48. The molecule has 0 saturated carbocycles. The van der Waals surface area contributed by atoms with Crippen LogP contribution in [-0.4, -0.2) is 16.7 Å². The normalized spacial score (nSPS) is 11.4. The van der Waals surface area contributed by atoms with Gasteiger partial charge in [-0.3, -0.25) is 4.90 Å². The molecule has 0 heterocycles. The lowest BCUT2D eigenvalue weighted by molar-refractivity contribution is 0.195. The molecule has 1 rings (SSSR count). The third-order valence-corrected chi connectivity index (χ3v) is 2.40. The van der Waals surface area contributed by atoms with Crippen molar-refractivity contribution in [2.75, 3.05) is 4.90 Å². The van der Waals surface area contributed by atoms with Crippen LogP contribution in [0.4, 0.5) is 19.3 Å². The maximum absolute atomic E-state index is 13.7. The summed E-state index contributed by atoms with van der Waals surface area (Å²) in [5.41, 5.74) is -1.64. The Hall–Kier alpha value is -1.36. The molecule has 6 heteroatoms. The molecule has 0 aliphatic carbocycles. The van der Waals surface area contributed by atoms with Crippen LogP contribution < -0.4 is 4.90 Å². The van der Waals surface area contributed by atoms with Gasteiger partial charge in [-0.1, -0.05) is 11.6 Å². The second-order valence-corrected chi connectivity index (χ2v) is 4.89. The van der Waals surface area contributed by atoms with E-state index >= 15 is 0 Å². The molecule has 0 fully saturated rings. The topological polar surface area (TPSA) is 40.5 Å². The van der Waals surface area contributed by atoms with Crippen LogP contribution in [0, 0.1) is 11.6 Å². The first-order chi connectivity index (χ1) is 7.66. The largest absolute Gasteiger partial charge is 0.465 e. The van der Waals surface area contributed by atoms with Gasteiger partial charge in [0.1, 0.15) is 11.5 Å². The maximum Gasteiger partial charge on any atom is 0.412 e. The number of carboxylic acid groups (broad SMARTS) is 1. The first-order valence-electron chi connectivity index (χ1n) is 4.83. The minimum absolute atomic E-state index is 0.322. The van der Waals surface area contributed by atoms with Crippen molar-refractivity contribution in [2.24, 2.45) is 0 Å². The Morgan fingerprint density at radius 3 is 2.29 bits per heavy atom. The van der Waals surface area contributed by atoms with Crippen molar-refractivity contribution in [2.45, 2.75) is 26.3 Å². The number of benzene rings is 1. The van der Waals surface area contributed by atoms with Crippen molar-refractivity contribution in [1.82, 2.24) is 0 Å². The van der Waals surface area contributed by atoms with Crippen LogP contribution in [0.1, 0.15) is 20.8 Å². The van der Waals surface area contributed by atoms with Crippen molar-refractivity contribution in [3.05, 3.63) is 28.8 Å². The number of anilines is 1. The average Bonchev–Trinajstić information content (AvgIpc) is 2.16. The first-order valence-corrected chi connectivity index (χ1v) is 5.20. The molecule has 0 spiro atoms. The maximum atomic E-state index is 13.7. The lowest BCUT2D eigenvalue weighted by atomic mass is 10.1. The van der Waals surface area contributed by atoms with Crippen molar-refractivity contribution in [3.63, 3.8) is 0 Å². The van der Waals surface area contributed by atoms with Gasteiger partial charge in [-0.05, 0) is 32.9 Å². The Bertz CT molecular complexity index is 458. The summed E-state index contributed by atoms with van der Waals surface area (Å²) in [5.74, 6) is -2.05. The molecule has 17 heavy (non-hydrogen) atoms. The van der Waals surface area contributed by atoms with Crippen LogP contribution in [0.25, 0.3) is 0 Å². The summed E-state index contributed by atoms with van der Waals surface area (Å²) in [7, 11) is 0. The molecule has 3 nitrogen and oxygen atoms in total. The van der Waals surface area contributed by atoms with Crippen molar-refractivity contribution < 1.29 is 18.7 Å². The number of rotatable bonds is 1. The van der Waals surface area contributed by atoms with Gasteiger partial charge in [-0.2, -0.15) is 0 Å². The van der Waals surface area contributed by atoms with E-state index in [0.29, 0.717) is 4.90 Å². The second kappa shape index (κ2) is 4.49. The number of nitrogens with zero attached hydrogens (tertiary/aromatic N) is 1. The highest BCUT2D eigenvalue weighted by Crippen LogP contribution is 2.33. The van der Waals surface area contributed by atoms with E-state index < -0.39 is 29.0 Å². The summed E-state index contributed by atoms with van der Waals surface area (Å²) >= 11 is 5.52. The van der Waals surface area contributed by atoms with Gasteiger partial charge in [0.2, 0.25) is 0 Å². The Morgan fingerprint density at radius 1 is 1.35 bits per heavy atom. The van der Waals surface area contributed by atoms with Gasteiger partial charge >= 0.3 is 6.09 Å². The number of hydrogen-bond donors (Lipinski definition) is 1. The fourth-order valence-electron chi connectivity index (χ4n) is 1.44. The Balaban J connectivity index is 3.49. The number of amides is 1. The Morgan fingerprint density at radius 2 is 1.88 bits per heavy atom. The summed E-state index contributed by atoms with van der Waals surface area (Å²) in [6.07, 6.45) is -1.45. The van der Waals surface area contributed by atoms with Crippen LogP contribution in [0.15, 0.2) is 12.1 Å². The Kier molecular flexibility index (Phi) is 3.62. The van der Waals surface area contributed by atoms with E-state index in [0.717, 1.165) is 12.1 Å². The summed E-state index contributed by atoms with van der Waals surface area (Å²) in [6.45, 7) is 4.59. The zero-order valence-electron chi connectivity index (χ0n) is 9.59. The molecule has 1 N–H and O–H groups in total. The number of carbonyl (C=O) groups is 1. The predicted molar refractivity (Wildman–Crippen MR) is 61.6 cm³/mol. The third kappa shape index (κ3) is 2.66. The third-order valence-electron chi connectivity index (χ3n) is 2.11. The lowest BCUT2D eigenvalue weighted by Crippen LogP contribution is -2.46. The zero-order chi connectivity index (χ0) is 13.4. The monoisotopic (exact) mass is 263 g/mol. The molecule has 0 aliphatic heterocycles. The molecule has 0 unspecified atom stereocenters. The first kappa shape index (κ1) is 13.7. The molecule has 0 aromatic heterocycles. The van der Waals surface area contributed by atoms with Crippen molar-refractivity contribution >= 4 is 23.4 Å². The fraction of sp³-hybridized carbons (Fsp3) is 0.364. The average molecular weight is 264 g/mol. The standard InChI is InChI=1S/C11H12ClF2NO2/c1-11(2,3)15(10(16)17)9-7(13)5-4-6(12)8(9)14/h4-5H,1-3H3,(H,16,17). The van der Waals surface area contributed by atoms with Gasteiger partial charge in [0.05, 0.1) is 5.02 Å². The van der Waals surface area contributed by atoms with Gasteiger partial charge in [0.25, 0.3) is 0 Å². The van der Waals surface area contributed by atoms with Crippen LogP contribution in [-0.2, 0) is 0 Å². The molecular weight excluding hydrogens is 252 g/mol. The van der Waals surface area contributed by atoms with Gasteiger partial charge in [0, 0.05) is 5.54 Å². The fourth-order valence-corrected chi connectivity index (χ4v) is 1.59. The van der Waals surface area contributed by atoms with Crippen LogP contribution >= 0.6 is 11.6 Å². The highest BCUT2D eigenvalue weighted by Gasteiger charge is 2.33. The summed E-state index contributed by atoms with van der Waals surface area (Å²) in [6, 6.07) is 1.97. The van der Waals surface area contributed by atoms with E-state index in [1.165, 1.54) is 20.8 Å². The molecule has 1 aromatic rings. The van der Waals surface area contributed by atoms with E-state index in [4.69, 9.17) is 16.7 Å². The van der Waals surface area contributed by atoms with Crippen molar-refractivity contribution in [1.29, 1.82) is 0 Å². The van der Waals surface area contributed by atoms with Crippen LogP contribution in [0.3, 0.4) is 0 Å². The van der Waals surface area contributed by atoms with Gasteiger partial charge in [-0.25, -0.2) is 13.6 Å². The minimum Gasteiger partial charge on any atom is -0.465 e. The molecular formula is C11H12ClF2NO2. The van der Waals surface area contributed by atoms with E-state index in [2.05, 4.69) is 0 Å². The van der Waals surface area contributed by atoms with Crippen molar-refractivity contribution in [3.8, 4) is 0 Å². The molecule has 0 radical (unpaired) electrons. The summed E-state index contributed by atoms with van der Waals surface area (Å²) in [5, 5.41) is 8.73. The quantitative estimate of drug-likeness (QED) is 0.781. The van der Waals surface area contributed by atoms with E-state index in [-0.39, 0.29) is 5.02 Å². The number of halogens is 3.